The predicted octanol–water partition coefficient (Wildman–Crippen LogP) is 2.89. The van der Waals surface area contributed by atoms with Crippen LogP contribution in [0.5, 0.6) is 0 Å². The third kappa shape index (κ3) is 4.85. The van der Waals surface area contributed by atoms with Crippen molar-refractivity contribution in [2.75, 3.05) is 11.9 Å². The van der Waals surface area contributed by atoms with Crippen LogP contribution in [0.3, 0.4) is 0 Å². The molecule has 1 aromatic rings. The zero-order chi connectivity index (χ0) is 13.1. The van der Waals surface area contributed by atoms with Crippen molar-refractivity contribution in [1.82, 2.24) is 0 Å². The second kappa shape index (κ2) is 5.17. The fourth-order valence-electron chi connectivity index (χ4n) is 1.31. The Morgan fingerprint density at radius 2 is 2.06 bits per heavy atom. The van der Waals surface area contributed by atoms with Gasteiger partial charge in [0.2, 0.25) is 0 Å². The van der Waals surface area contributed by atoms with Gasteiger partial charge in [-0.15, -0.1) is 0 Å². The quantitative estimate of drug-likeness (QED) is 0.824. The highest BCUT2D eigenvalue weighted by molar-refractivity contribution is 5.75. The summed E-state index contributed by atoms with van der Waals surface area (Å²) in [5.74, 6) is -0.590. The summed E-state index contributed by atoms with van der Waals surface area (Å²) in [6.45, 7) is 7.18. The molecule has 1 N–H and O–H groups in total. The van der Waals surface area contributed by atoms with Crippen LogP contribution in [0.1, 0.15) is 26.3 Å². The van der Waals surface area contributed by atoms with Crippen LogP contribution in [0.4, 0.5) is 10.1 Å². The molecule has 0 fully saturated rings. The van der Waals surface area contributed by atoms with Gasteiger partial charge in [0.15, 0.2) is 0 Å². The van der Waals surface area contributed by atoms with Crippen LogP contribution in [-0.4, -0.2) is 18.1 Å². The minimum Gasteiger partial charge on any atom is -0.459 e. The molecular formula is C13H18FNO2. The number of nitrogens with one attached hydrogen (secondary N) is 1. The van der Waals surface area contributed by atoms with Crippen LogP contribution in [0, 0.1) is 12.7 Å². The maximum absolute atomic E-state index is 13.0. The summed E-state index contributed by atoms with van der Waals surface area (Å²) in [7, 11) is 0. The summed E-state index contributed by atoms with van der Waals surface area (Å²) in [4.78, 5) is 11.4. The highest BCUT2D eigenvalue weighted by Crippen LogP contribution is 2.13. The van der Waals surface area contributed by atoms with E-state index in [0.717, 1.165) is 0 Å². The molecule has 0 aliphatic carbocycles. The molecule has 3 nitrogen and oxygen atoms in total. The van der Waals surface area contributed by atoms with E-state index >= 15 is 0 Å². The van der Waals surface area contributed by atoms with Crippen LogP contribution in [-0.2, 0) is 9.53 Å². The number of carbonyl (C=O) groups excluding carboxylic acids is 1. The lowest BCUT2D eigenvalue weighted by Gasteiger charge is -2.19. The Morgan fingerprint density at radius 1 is 1.41 bits per heavy atom. The molecule has 0 amide bonds. The molecule has 1 aromatic carbocycles. The van der Waals surface area contributed by atoms with Gasteiger partial charge in [-0.25, -0.2) is 4.39 Å². The molecule has 0 atom stereocenters. The lowest BCUT2D eigenvalue weighted by atomic mass is 10.2. The SMILES string of the molecule is Cc1cc(NCC(=O)OC(C)(C)C)ccc1F. The van der Waals surface area contributed by atoms with E-state index in [1.807, 2.05) is 20.8 Å². The molecule has 0 aromatic heterocycles. The molecule has 0 bridgehead atoms. The van der Waals surface area contributed by atoms with Crippen LogP contribution in [0.25, 0.3) is 0 Å². The van der Waals surface area contributed by atoms with E-state index in [1.54, 1.807) is 19.1 Å². The van der Waals surface area contributed by atoms with Crippen molar-refractivity contribution in [2.45, 2.75) is 33.3 Å². The fourth-order valence-corrected chi connectivity index (χ4v) is 1.31. The van der Waals surface area contributed by atoms with E-state index in [2.05, 4.69) is 5.32 Å². The van der Waals surface area contributed by atoms with Crippen molar-refractivity contribution in [3.05, 3.63) is 29.6 Å². The second-order valence-electron chi connectivity index (χ2n) is 4.90. The molecule has 0 unspecified atom stereocenters. The van der Waals surface area contributed by atoms with Gasteiger partial charge in [0.25, 0.3) is 0 Å². The molecule has 94 valence electrons. The number of hydrogen-bond donors (Lipinski definition) is 1. The average molecular weight is 239 g/mol. The first-order valence-electron chi connectivity index (χ1n) is 5.50. The standard InChI is InChI=1S/C13H18FNO2/c1-9-7-10(5-6-11(9)14)15-8-12(16)17-13(2,3)4/h5-7,15H,8H2,1-4H3. The molecule has 4 heteroatoms. The van der Waals surface area contributed by atoms with Gasteiger partial charge in [-0.2, -0.15) is 0 Å². The highest BCUT2D eigenvalue weighted by Gasteiger charge is 2.15. The van der Waals surface area contributed by atoms with Crippen molar-refractivity contribution >= 4 is 11.7 Å². The van der Waals surface area contributed by atoms with E-state index in [9.17, 15) is 9.18 Å². The largest absolute Gasteiger partial charge is 0.459 e. The molecule has 0 saturated carbocycles. The zero-order valence-corrected chi connectivity index (χ0v) is 10.6. The van der Waals surface area contributed by atoms with Crippen molar-refractivity contribution in [2.24, 2.45) is 0 Å². The van der Waals surface area contributed by atoms with E-state index in [0.29, 0.717) is 11.3 Å². The molecule has 0 spiro atoms. The zero-order valence-electron chi connectivity index (χ0n) is 10.6. The third-order valence-corrected chi connectivity index (χ3v) is 2.01. The van der Waals surface area contributed by atoms with Crippen molar-refractivity contribution in [3.63, 3.8) is 0 Å². The number of esters is 1. The summed E-state index contributed by atoms with van der Waals surface area (Å²) < 4.78 is 18.1. The smallest absolute Gasteiger partial charge is 0.325 e. The Balaban J connectivity index is 2.50. The molecule has 1 rings (SSSR count). The van der Waals surface area contributed by atoms with E-state index in [1.165, 1.54) is 6.07 Å². The van der Waals surface area contributed by atoms with Crippen LogP contribution >= 0.6 is 0 Å². The first-order chi connectivity index (χ1) is 7.78. The van der Waals surface area contributed by atoms with Gasteiger partial charge in [0, 0.05) is 5.69 Å². The van der Waals surface area contributed by atoms with E-state index < -0.39 is 5.60 Å². The van der Waals surface area contributed by atoms with Gasteiger partial charge in [-0.05, 0) is 51.5 Å². The molecule has 0 aliphatic rings. The van der Waals surface area contributed by atoms with E-state index in [-0.39, 0.29) is 18.3 Å². The number of ether oxygens (including phenoxy) is 1. The summed E-state index contributed by atoms with van der Waals surface area (Å²) >= 11 is 0. The Labute approximate surface area is 101 Å². The summed E-state index contributed by atoms with van der Waals surface area (Å²) in [5, 5.41) is 2.89. The number of anilines is 1. The number of aryl methyl sites for hydroxylation is 1. The van der Waals surface area contributed by atoms with E-state index in [4.69, 9.17) is 4.74 Å². The molecule has 0 radical (unpaired) electrons. The van der Waals surface area contributed by atoms with Gasteiger partial charge in [0.1, 0.15) is 18.0 Å². The number of hydrogen-bond acceptors (Lipinski definition) is 3. The maximum Gasteiger partial charge on any atom is 0.325 e. The molecule has 17 heavy (non-hydrogen) atoms. The lowest BCUT2D eigenvalue weighted by Crippen LogP contribution is -2.28. The lowest BCUT2D eigenvalue weighted by molar-refractivity contribution is -0.152. The number of carbonyl (C=O) groups is 1. The normalized spacial score (nSPS) is 11.1. The number of rotatable bonds is 3. The molecule has 0 heterocycles. The van der Waals surface area contributed by atoms with Gasteiger partial charge in [-0.3, -0.25) is 4.79 Å². The van der Waals surface area contributed by atoms with Crippen molar-refractivity contribution in [1.29, 1.82) is 0 Å². The maximum atomic E-state index is 13.0. The fraction of sp³-hybridized carbons (Fsp3) is 0.462. The van der Waals surface area contributed by atoms with Gasteiger partial charge in [0.05, 0.1) is 0 Å². The monoisotopic (exact) mass is 239 g/mol. The summed E-state index contributed by atoms with van der Waals surface area (Å²) in [6.07, 6.45) is 0. The number of halogens is 1. The summed E-state index contributed by atoms with van der Waals surface area (Å²) in [5.41, 5.74) is 0.756. The van der Waals surface area contributed by atoms with Crippen molar-refractivity contribution < 1.29 is 13.9 Å². The van der Waals surface area contributed by atoms with Crippen LogP contribution < -0.4 is 5.32 Å². The molecular weight excluding hydrogens is 221 g/mol. The van der Waals surface area contributed by atoms with Gasteiger partial charge in [-0.1, -0.05) is 0 Å². The first-order valence-corrected chi connectivity index (χ1v) is 5.50. The van der Waals surface area contributed by atoms with Crippen molar-refractivity contribution in [3.8, 4) is 0 Å². The Kier molecular flexibility index (Phi) is 4.10. The minimum atomic E-state index is -0.489. The molecule has 0 aliphatic heterocycles. The summed E-state index contributed by atoms with van der Waals surface area (Å²) in [6, 6.07) is 4.61. The Hall–Kier alpha value is -1.58. The predicted molar refractivity (Wildman–Crippen MR) is 65.5 cm³/mol. The first kappa shape index (κ1) is 13.5. The Bertz CT molecular complexity index is 410. The Morgan fingerprint density at radius 3 is 2.59 bits per heavy atom. The highest BCUT2D eigenvalue weighted by atomic mass is 19.1. The molecule has 0 saturated heterocycles. The van der Waals surface area contributed by atoms with Crippen LogP contribution in [0.2, 0.25) is 0 Å². The topological polar surface area (TPSA) is 38.3 Å². The van der Waals surface area contributed by atoms with Gasteiger partial charge >= 0.3 is 5.97 Å². The van der Waals surface area contributed by atoms with Crippen LogP contribution in [0.15, 0.2) is 18.2 Å². The van der Waals surface area contributed by atoms with Gasteiger partial charge < -0.3 is 10.1 Å². The number of benzene rings is 1. The third-order valence-electron chi connectivity index (χ3n) is 2.01. The average Bonchev–Trinajstić information content (AvgIpc) is 2.17. The minimum absolute atomic E-state index is 0.0718. The second-order valence-corrected chi connectivity index (χ2v) is 4.90.